The van der Waals surface area contributed by atoms with Gasteiger partial charge in [0.2, 0.25) is 0 Å². The molecule has 0 atom stereocenters. The van der Waals surface area contributed by atoms with Crippen LogP contribution in [0.15, 0.2) is 72.8 Å². The average Bonchev–Trinajstić information content (AvgIpc) is 2.79. The van der Waals surface area contributed by atoms with Crippen LogP contribution < -0.4 is 0 Å². The molecular formula is C23H17F3. The van der Waals surface area contributed by atoms with Gasteiger partial charge in [-0.15, -0.1) is 0 Å². The fourth-order valence-electron chi connectivity index (χ4n) is 3.61. The molecule has 3 aromatic rings. The third-order valence-electron chi connectivity index (χ3n) is 4.84. The van der Waals surface area contributed by atoms with E-state index in [0.29, 0.717) is 0 Å². The summed E-state index contributed by atoms with van der Waals surface area (Å²) in [5.41, 5.74) is 4.79. The van der Waals surface area contributed by atoms with Crippen molar-refractivity contribution in [1.29, 1.82) is 0 Å². The second-order valence-electron chi connectivity index (χ2n) is 6.46. The molecule has 3 aromatic carbocycles. The summed E-state index contributed by atoms with van der Waals surface area (Å²) in [6.07, 6.45) is -0.930. The highest BCUT2D eigenvalue weighted by Crippen LogP contribution is 2.38. The topological polar surface area (TPSA) is 0 Å². The maximum Gasteiger partial charge on any atom is 0.416 e. The summed E-state index contributed by atoms with van der Waals surface area (Å²) in [4.78, 5) is 0. The molecule has 1 aliphatic rings. The average molecular weight is 350 g/mol. The fourth-order valence-corrected chi connectivity index (χ4v) is 3.61. The molecule has 0 radical (unpaired) electrons. The van der Waals surface area contributed by atoms with Gasteiger partial charge in [-0.25, -0.2) is 0 Å². The van der Waals surface area contributed by atoms with Crippen LogP contribution in [0.5, 0.6) is 0 Å². The van der Waals surface area contributed by atoms with E-state index in [9.17, 15) is 13.2 Å². The van der Waals surface area contributed by atoms with E-state index in [1.54, 1.807) is 12.1 Å². The Kier molecular flexibility index (Phi) is 4.15. The molecule has 0 nitrogen and oxygen atoms in total. The lowest BCUT2D eigenvalue weighted by Gasteiger charge is -2.15. The van der Waals surface area contributed by atoms with Crippen molar-refractivity contribution < 1.29 is 13.2 Å². The number of alkyl halides is 3. The number of halogens is 3. The van der Waals surface area contributed by atoms with Gasteiger partial charge in [0.05, 0.1) is 5.56 Å². The van der Waals surface area contributed by atoms with Gasteiger partial charge in [0.1, 0.15) is 0 Å². The monoisotopic (exact) mass is 350 g/mol. The second-order valence-corrected chi connectivity index (χ2v) is 6.46. The standard InChI is InChI=1S/C23H17F3/c24-23(25,26)22-12-6-3-9-18(22)15-21-19-10-4-1-7-16(19)13-14-17-8-2-5-11-20(17)21/h1-12,15H,13-14H2. The number of hydrogen-bond acceptors (Lipinski definition) is 0. The van der Waals surface area contributed by atoms with E-state index in [1.165, 1.54) is 23.3 Å². The van der Waals surface area contributed by atoms with Crippen LogP contribution in [0.1, 0.15) is 33.4 Å². The summed E-state index contributed by atoms with van der Waals surface area (Å²) in [5.74, 6) is 0. The third-order valence-corrected chi connectivity index (χ3v) is 4.84. The van der Waals surface area contributed by atoms with E-state index < -0.39 is 11.7 Å². The minimum absolute atomic E-state index is 0.196. The minimum Gasteiger partial charge on any atom is -0.166 e. The van der Waals surface area contributed by atoms with E-state index in [4.69, 9.17) is 0 Å². The maximum atomic E-state index is 13.4. The largest absolute Gasteiger partial charge is 0.416 e. The van der Waals surface area contributed by atoms with Crippen LogP contribution in [0.4, 0.5) is 13.2 Å². The normalized spacial score (nSPS) is 13.6. The Morgan fingerprint density at radius 2 is 1.15 bits per heavy atom. The summed E-state index contributed by atoms with van der Waals surface area (Å²) >= 11 is 0. The van der Waals surface area contributed by atoms with Crippen molar-refractivity contribution in [2.75, 3.05) is 0 Å². The lowest BCUT2D eigenvalue weighted by molar-refractivity contribution is -0.137. The number of rotatable bonds is 1. The minimum atomic E-state index is -4.38. The summed E-state index contributed by atoms with van der Waals surface area (Å²) in [6, 6.07) is 21.7. The van der Waals surface area contributed by atoms with Gasteiger partial charge in [-0.3, -0.25) is 0 Å². The fraction of sp³-hybridized carbons (Fsp3) is 0.130. The summed E-state index contributed by atoms with van der Waals surface area (Å²) in [7, 11) is 0. The first kappa shape index (κ1) is 16.6. The van der Waals surface area contributed by atoms with Crippen molar-refractivity contribution in [3.05, 3.63) is 106 Å². The molecule has 0 spiro atoms. The molecule has 1 aliphatic carbocycles. The molecule has 0 N–H and O–H groups in total. The molecule has 0 fully saturated rings. The van der Waals surface area contributed by atoms with Gasteiger partial charge in [-0.1, -0.05) is 66.7 Å². The molecule has 0 unspecified atom stereocenters. The number of benzene rings is 3. The zero-order valence-electron chi connectivity index (χ0n) is 14.1. The summed E-state index contributed by atoms with van der Waals surface area (Å²) in [5, 5.41) is 0. The van der Waals surface area contributed by atoms with Gasteiger partial charge in [-0.2, -0.15) is 13.2 Å². The Labute approximate surface area is 150 Å². The number of hydrogen-bond donors (Lipinski definition) is 0. The van der Waals surface area contributed by atoms with Gasteiger partial charge >= 0.3 is 6.18 Å². The zero-order valence-corrected chi connectivity index (χ0v) is 14.1. The molecule has 0 bridgehead atoms. The summed E-state index contributed by atoms with van der Waals surface area (Å²) < 4.78 is 40.3. The van der Waals surface area contributed by atoms with Crippen molar-refractivity contribution in [2.24, 2.45) is 0 Å². The molecule has 0 heterocycles. The van der Waals surface area contributed by atoms with Gasteiger partial charge in [0.15, 0.2) is 0 Å². The highest BCUT2D eigenvalue weighted by molar-refractivity contribution is 5.94. The van der Waals surface area contributed by atoms with Crippen molar-refractivity contribution in [2.45, 2.75) is 19.0 Å². The van der Waals surface area contributed by atoms with Crippen LogP contribution >= 0.6 is 0 Å². The molecule has 4 rings (SSSR count). The highest BCUT2D eigenvalue weighted by Gasteiger charge is 2.32. The van der Waals surface area contributed by atoms with Crippen LogP contribution in [0.25, 0.3) is 11.6 Å². The predicted molar refractivity (Wildman–Crippen MR) is 98.7 cm³/mol. The number of aryl methyl sites for hydroxylation is 2. The zero-order chi connectivity index (χ0) is 18.1. The van der Waals surface area contributed by atoms with E-state index in [2.05, 4.69) is 12.1 Å². The van der Waals surface area contributed by atoms with Gasteiger partial charge in [0, 0.05) is 0 Å². The van der Waals surface area contributed by atoms with Gasteiger partial charge in [-0.05, 0) is 58.4 Å². The lowest BCUT2D eigenvalue weighted by Crippen LogP contribution is -2.07. The predicted octanol–water partition coefficient (Wildman–Crippen LogP) is 6.39. The first-order valence-electron chi connectivity index (χ1n) is 8.58. The third kappa shape index (κ3) is 3.05. The van der Waals surface area contributed by atoms with E-state index in [1.807, 2.05) is 36.4 Å². The van der Waals surface area contributed by atoms with Crippen LogP contribution in [0.2, 0.25) is 0 Å². The van der Waals surface area contributed by atoms with Crippen LogP contribution in [0.3, 0.4) is 0 Å². The van der Waals surface area contributed by atoms with Crippen molar-refractivity contribution in [3.63, 3.8) is 0 Å². The van der Waals surface area contributed by atoms with Crippen LogP contribution in [-0.2, 0) is 19.0 Å². The maximum absolute atomic E-state index is 13.4. The molecule has 0 aromatic heterocycles. The highest BCUT2D eigenvalue weighted by atomic mass is 19.4. The first-order valence-corrected chi connectivity index (χ1v) is 8.58. The van der Waals surface area contributed by atoms with Crippen LogP contribution in [-0.4, -0.2) is 0 Å². The van der Waals surface area contributed by atoms with Crippen LogP contribution in [0, 0.1) is 0 Å². The van der Waals surface area contributed by atoms with E-state index in [-0.39, 0.29) is 5.56 Å². The first-order chi connectivity index (χ1) is 12.5. The molecular weight excluding hydrogens is 333 g/mol. The van der Waals surface area contributed by atoms with E-state index in [0.717, 1.165) is 35.6 Å². The quantitative estimate of drug-likeness (QED) is 0.477. The molecule has 3 heteroatoms. The Balaban J connectivity index is 1.99. The molecule has 26 heavy (non-hydrogen) atoms. The Hall–Kier alpha value is -2.81. The molecule has 0 amide bonds. The van der Waals surface area contributed by atoms with Gasteiger partial charge in [0.25, 0.3) is 0 Å². The van der Waals surface area contributed by atoms with Crippen molar-refractivity contribution in [1.82, 2.24) is 0 Å². The SMILES string of the molecule is FC(F)(F)c1ccccc1C=C1c2ccccc2CCc2ccccc21. The Bertz CT molecular complexity index is 931. The number of fused-ring (bicyclic) bond motifs is 2. The van der Waals surface area contributed by atoms with Crippen molar-refractivity contribution >= 4 is 11.6 Å². The molecule has 0 saturated heterocycles. The Morgan fingerprint density at radius 3 is 1.73 bits per heavy atom. The summed E-state index contributed by atoms with van der Waals surface area (Å²) in [6.45, 7) is 0. The Morgan fingerprint density at radius 1 is 0.654 bits per heavy atom. The van der Waals surface area contributed by atoms with Gasteiger partial charge < -0.3 is 0 Å². The van der Waals surface area contributed by atoms with E-state index >= 15 is 0 Å². The smallest absolute Gasteiger partial charge is 0.166 e. The molecule has 0 aliphatic heterocycles. The second kappa shape index (κ2) is 6.49. The lowest BCUT2D eigenvalue weighted by atomic mass is 9.91. The molecule has 0 saturated carbocycles. The molecule has 130 valence electrons. The van der Waals surface area contributed by atoms with Crippen molar-refractivity contribution in [3.8, 4) is 0 Å².